The number of rotatable bonds is 6. The molecule has 1 aromatic heterocycles. The van der Waals surface area contributed by atoms with Crippen LogP contribution in [0.15, 0.2) is 0 Å². The second kappa shape index (κ2) is 9.26. The lowest BCUT2D eigenvalue weighted by Gasteiger charge is -2.34. The summed E-state index contributed by atoms with van der Waals surface area (Å²) < 4.78 is 0. The van der Waals surface area contributed by atoms with Gasteiger partial charge in [0.1, 0.15) is 0 Å². The van der Waals surface area contributed by atoms with Gasteiger partial charge >= 0.3 is 0 Å². The number of hydrogen-bond acceptors (Lipinski definition) is 6. The Labute approximate surface area is 156 Å². The maximum Gasteiger partial charge on any atom is 0.245 e. The molecule has 1 saturated heterocycles. The van der Waals surface area contributed by atoms with Crippen LogP contribution >= 0.6 is 0 Å². The Kier molecular flexibility index (Phi) is 6.77. The predicted octanol–water partition coefficient (Wildman–Crippen LogP) is 1.57. The van der Waals surface area contributed by atoms with Crippen LogP contribution in [0.25, 0.3) is 0 Å². The van der Waals surface area contributed by atoms with E-state index < -0.39 is 0 Å². The van der Waals surface area contributed by atoms with Crippen LogP contribution in [0.2, 0.25) is 0 Å². The van der Waals surface area contributed by atoms with E-state index in [2.05, 4.69) is 39.2 Å². The molecule has 1 N–H and O–H groups in total. The Morgan fingerprint density at radius 3 is 2.35 bits per heavy atom. The lowest BCUT2D eigenvalue weighted by molar-refractivity contribution is -0.123. The number of amides is 1. The fraction of sp³-hybridized carbons (Fsp3) is 0.789. The van der Waals surface area contributed by atoms with Gasteiger partial charge in [-0.25, -0.2) is 4.98 Å². The van der Waals surface area contributed by atoms with Crippen molar-refractivity contribution >= 4 is 11.9 Å². The summed E-state index contributed by atoms with van der Waals surface area (Å²) in [6.07, 6.45) is 7.82. The molecule has 0 aromatic carbocycles. The van der Waals surface area contributed by atoms with Crippen LogP contribution in [0.3, 0.4) is 0 Å². The molecule has 1 aliphatic carbocycles. The van der Waals surface area contributed by atoms with E-state index in [0.29, 0.717) is 12.6 Å². The molecular formula is C19H32N6O. The van der Waals surface area contributed by atoms with E-state index in [-0.39, 0.29) is 5.91 Å². The van der Waals surface area contributed by atoms with Crippen molar-refractivity contribution in [2.24, 2.45) is 0 Å². The molecule has 0 spiro atoms. The van der Waals surface area contributed by atoms with Crippen LogP contribution in [0.4, 0.5) is 5.95 Å². The fourth-order valence-corrected chi connectivity index (χ4v) is 3.89. The molecule has 2 fully saturated rings. The van der Waals surface area contributed by atoms with Gasteiger partial charge < -0.3 is 10.2 Å². The molecule has 26 heavy (non-hydrogen) atoms. The molecule has 7 nitrogen and oxygen atoms in total. The van der Waals surface area contributed by atoms with Crippen LogP contribution in [-0.4, -0.2) is 64.8 Å². The van der Waals surface area contributed by atoms with E-state index in [4.69, 9.17) is 4.98 Å². The first-order valence-corrected chi connectivity index (χ1v) is 10.2. The molecule has 7 heteroatoms. The number of aryl methyl sites for hydroxylation is 2. The van der Waals surface area contributed by atoms with Gasteiger partial charge in [-0.2, -0.15) is 5.10 Å². The topological polar surface area (TPSA) is 74.2 Å². The van der Waals surface area contributed by atoms with Crippen molar-refractivity contribution in [1.29, 1.82) is 0 Å². The summed E-state index contributed by atoms with van der Waals surface area (Å²) in [7, 11) is 0. The number of nitrogens with one attached hydrogen (secondary N) is 1. The van der Waals surface area contributed by atoms with E-state index in [1.165, 1.54) is 19.3 Å². The summed E-state index contributed by atoms with van der Waals surface area (Å²) in [6, 6.07) is 0.390. The Bertz CT molecular complexity index is 594. The lowest BCUT2D eigenvalue weighted by atomic mass is 9.95. The minimum absolute atomic E-state index is 0.170. The molecule has 1 amide bonds. The molecule has 2 aliphatic rings. The highest BCUT2D eigenvalue weighted by Crippen LogP contribution is 2.17. The zero-order valence-corrected chi connectivity index (χ0v) is 16.2. The first kappa shape index (κ1) is 19.0. The molecule has 3 rings (SSSR count). The summed E-state index contributed by atoms with van der Waals surface area (Å²) in [5, 5.41) is 11.9. The molecule has 1 saturated carbocycles. The van der Waals surface area contributed by atoms with Gasteiger partial charge in [0.25, 0.3) is 0 Å². The Morgan fingerprint density at radius 1 is 1.00 bits per heavy atom. The van der Waals surface area contributed by atoms with Crippen LogP contribution in [0, 0.1) is 0 Å². The van der Waals surface area contributed by atoms with Crippen LogP contribution in [0.5, 0.6) is 0 Å². The highest BCUT2D eigenvalue weighted by Gasteiger charge is 2.23. The predicted molar refractivity (Wildman–Crippen MR) is 102 cm³/mol. The van der Waals surface area contributed by atoms with Gasteiger partial charge in [-0.15, -0.1) is 5.10 Å². The van der Waals surface area contributed by atoms with Crippen molar-refractivity contribution in [2.45, 2.75) is 64.8 Å². The molecule has 2 heterocycles. The van der Waals surface area contributed by atoms with Gasteiger partial charge in [0.05, 0.1) is 17.9 Å². The minimum Gasteiger partial charge on any atom is -0.352 e. The minimum atomic E-state index is 0.170. The summed E-state index contributed by atoms with van der Waals surface area (Å²) in [6.45, 7) is 8.09. The molecule has 1 aliphatic heterocycles. The molecule has 0 unspecified atom stereocenters. The van der Waals surface area contributed by atoms with E-state index >= 15 is 0 Å². The summed E-state index contributed by atoms with van der Waals surface area (Å²) in [5.41, 5.74) is 2.04. The Hall–Kier alpha value is -1.76. The quantitative estimate of drug-likeness (QED) is 0.830. The van der Waals surface area contributed by atoms with E-state index in [0.717, 1.165) is 69.2 Å². The van der Waals surface area contributed by atoms with Crippen molar-refractivity contribution in [3.8, 4) is 0 Å². The highest BCUT2D eigenvalue weighted by molar-refractivity contribution is 5.78. The van der Waals surface area contributed by atoms with Gasteiger partial charge in [0.15, 0.2) is 0 Å². The summed E-state index contributed by atoms with van der Waals surface area (Å²) in [4.78, 5) is 21.4. The van der Waals surface area contributed by atoms with Crippen LogP contribution < -0.4 is 10.2 Å². The number of hydrogen-bond donors (Lipinski definition) is 1. The average Bonchev–Trinajstić information content (AvgIpc) is 2.68. The van der Waals surface area contributed by atoms with Gasteiger partial charge in [-0.1, -0.05) is 33.1 Å². The van der Waals surface area contributed by atoms with Crippen molar-refractivity contribution in [2.75, 3.05) is 37.6 Å². The summed E-state index contributed by atoms with van der Waals surface area (Å²) in [5.74, 6) is 0.897. The van der Waals surface area contributed by atoms with Crippen molar-refractivity contribution in [1.82, 2.24) is 25.4 Å². The Balaban J connectivity index is 1.47. The fourth-order valence-electron chi connectivity index (χ4n) is 3.89. The van der Waals surface area contributed by atoms with E-state index in [1.54, 1.807) is 0 Å². The zero-order chi connectivity index (χ0) is 18.4. The first-order chi connectivity index (χ1) is 12.7. The maximum atomic E-state index is 12.3. The molecule has 1 aromatic rings. The normalized spacial score (nSPS) is 19.5. The Morgan fingerprint density at radius 2 is 1.69 bits per heavy atom. The van der Waals surface area contributed by atoms with Crippen LogP contribution in [0.1, 0.15) is 57.3 Å². The second-order valence-electron chi connectivity index (χ2n) is 7.38. The third-order valence-electron chi connectivity index (χ3n) is 5.49. The lowest BCUT2D eigenvalue weighted by Crippen LogP contribution is -2.51. The second-order valence-corrected chi connectivity index (χ2v) is 7.38. The van der Waals surface area contributed by atoms with Crippen molar-refractivity contribution in [3.63, 3.8) is 0 Å². The number of piperazine rings is 1. The number of aromatic nitrogens is 3. The van der Waals surface area contributed by atoms with Gasteiger partial charge in [0, 0.05) is 32.2 Å². The molecule has 144 valence electrons. The van der Waals surface area contributed by atoms with Crippen molar-refractivity contribution in [3.05, 3.63) is 11.4 Å². The average molecular weight is 361 g/mol. The van der Waals surface area contributed by atoms with Gasteiger partial charge in [-0.3, -0.25) is 9.69 Å². The smallest absolute Gasteiger partial charge is 0.245 e. The third-order valence-corrected chi connectivity index (χ3v) is 5.49. The highest BCUT2D eigenvalue weighted by atomic mass is 16.2. The monoisotopic (exact) mass is 360 g/mol. The van der Waals surface area contributed by atoms with Gasteiger partial charge in [-0.05, 0) is 25.7 Å². The number of carbonyl (C=O) groups excluding carboxylic acids is 1. The first-order valence-electron chi connectivity index (χ1n) is 10.2. The summed E-state index contributed by atoms with van der Waals surface area (Å²) >= 11 is 0. The number of anilines is 1. The molecule has 0 atom stereocenters. The SMILES string of the molecule is CCc1nnc(N2CCN(CC(=O)NC3CCCCC3)CC2)nc1CC. The van der Waals surface area contributed by atoms with E-state index in [1.807, 2.05) is 0 Å². The maximum absolute atomic E-state index is 12.3. The molecular weight excluding hydrogens is 328 g/mol. The number of nitrogens with zero attached hydrogens (tertiary/aromatic N) is 5. The number of carbonyl (C=O) groups is 1. The van der Waals surface area contributed by atoms with Gasteiger partial charge in [0.2, 0.25) is 11.9 Å². The van der Waals surface area contributed by atoms with E-state index in [9.17, 15) is 4.79 Å². The zero-order valence-electron chi connectivity index (χ0n) is 16.2. The molecule has 0 bridgehead atoms. The third kappa shape index (κ3) is 4.90. The largest absolute Gasteiger partial charge is 0.352 e. The molecule has 0 radical (unpaired) electrons. The van der Waals surface area contributed by atoms with Crippen LogP contribution in [-0.2, 0) is 17.6 Å². The standard InChI is InChI=1S/C19H32N6O/c1-3-16-17(4-2)22-23-19(21-16)25-12-10-24(11-13-25)14-18(26)20-15-8-6-5-7-9-15/h15H,3-14H2,1-2H3,(H,20,26). The van der Waals surface area contributed by atoms with Crippen molar-refractivity contribution < 1.29 is 4.79 Å².